The van der Waals surface area contributed by atoms with E-state index in [1.165, 1.54) is 4.90 Å². The summed E-state index contributed by atoms with van der Waals surface area (Å²) in [5, 5.41) is 9.48. The maximum Gasteiger partial charge on any atom is 0.401 e. The molecule has 1 unspecified atom stereocenters. The van der Waals surface area contributed by atoms with Crippen molar-refractivity contribution in [2.75, 3.05) is 32.9 Å². The summed E-state index contributed by atoms with van der Waals surface area (Å²) in [6.45, 7) is 3.59. The van der Waals surface area contributed by atoms with Gasteiger partial charge >= 0.3 is 6.18 Å². The molecule has 0 saturated carbocycles. The Kier molecular flexibility index (Phi) is 5.43. The molecule has 0 aromatic carbocycles. The van der Waals surface area contributed by atoms with Gasteiger partial charge in [-0.05, 0) is 26.7 Å². The Balaban J connectivity index is 2.68. The Labute approximate surface area is 106 Å². The molecule has 0 radical (unpaired) electrons. The number of aliphatic hydroxyl groups is 1. The maximum atomic E-state index is 12.5. The fourth-order valence-corrected chi connectivity index (χ4v) is 2.29. The molecule has 3 nitrogen and oxygen atoms in total. The third-order valence-corrected chi connectivity index (χ3v) is 3.39. The first-order chi connectivity index (χ1) is 8.28. The molecule has 0 aliphatic carbocycles. The predicted molar refractivity (Wildman–Crippen MR) is 62.3 cm³/mol. The normalized spacial score (nSPS) is 26.0. The van der Waals surface area contributed by atoms with E-state index in [1.54, 1.807) is 13.8 Å². The summed E-state index contributed by atoms with van der Waals surface area (Å²) in [7, 11) is 0. The van der Waals surface area contributed by atoms with Crippen molar-refractivity contribution in [3.63, 3.8) is 0 Å². The number of hydrogen-bond acceptors (Lipinski definition) is 3. The van der Waals surface area contributed by atoms with E-state index in [0.29, 0.717) is 19.6 Å². The third kappa shape index (κ3) is 4.74. The summed E-state index contributed by atoms with van der Waals surface area (Å²) in [6, 6.07) is -0.211. The fourth-order valence-electron chi connectivity index (χ4n) is 2.29. The second kappa shape index (κ2) is 6.21. The molecular formula is C12H22F3NO2. The Morgan fingerprint density at radius 1 is 1.39 bits per heavy atom. The van der Waals surface area contributed by atoms with Gasteiger partial charge in [-0.2, -0.15) is 13.2 Å². The average molecular weight is 269 g/mol. The van der Waals surface area contributed by atoms with Crippen molar-refractivity contribution >= 4 is 0 Å². The molecule has 0 spiro atoms. The van der Waals surface area contributed by atoms with E-state index in [0.717, 1.165) is 6.42 Å². The molecule has 1 fully saturated rings. The molecule has 1 rings (SSSR count). The van der Waals surface area contributed by atoms with E-state index in [4.69, 9.17) is 4.74 Å². The van der Waals surface area contributed by atoms with Crippen LogP contribution in [0.25, 0.3) is 0 Å². The van der Waals surface area contributed by atoms with Gasteiger partial charge in [0.15, 0.2) is 0 Å². The first kappa shape index (κ1) is 15.7. The summed E-state index contributed by atoms with van der Waals surface area (Å²) in [4.78, 5) is 1.37. The van der Waals surface area contributed by atoms with Crippen molar-refractivity contribution in [2.45, 2.75) is 38.9 Å². The van der Waals surface area contributed by atoms with Crippen LogP contribution >= 0.6 is 0 Å². The number of ether oxygens (including phenoxy) is 1. The second-order valence-corrected chi connectivity index (χ2v) is 5.43. The van der Waals surface area contributed by atoms with Crippen molar-refractivity contribution in [1.29, 1.82) is 0 Å². The number of nitrogens with zero attached hydrogens (tertiary/aromatic N) is 1. The van der Waals surface area contributed by atoms with E-state index in [2.05, 4.69) is 0 Å². The molecule has 18 heavy (non-hydrogen) atoms. The Hall–Kier alpha value is -0.330. The van der Waals surface area contributed by atoms with Crippen LogP contribution < -0.4 is 0 Å². The van der Waals surface area contributed by atoms with Crippen LogP contribution in [0.15, 0.2) is 0 Å². The molecular weight excluding hydrogens is 247 g/mol. The summed E-state index contributed by atoms with van der Waals surface area (Å²) in [5.41, 5.74) is -0.548. The number of hydrogen-bond donors (Lipinski definition) is 1. The number of alkyl halides is 3. The molecule has 6 heteroatoms. The van der Waals surface area contributed by atoms with E-state index in [-0.39, 0.29) is 19.2 Å². The van der Waals surface area contributed by atoms with E-state index >= 15 is 0 Å². The molecule has 108 valence electrons. The molecule has 1 aliphatic heterocycles. The molecule has 0 bridgehead atoms. The van der Waals surface area contributed by atoms with Crippen LogP contribution in [0.1, 0.15) is 26.7 Å². The fraction of sp³-hybridized carbons (Fsp3) is 1.00. The zero-order chi connectivity index (χ0) is 13.8. The molecule has 1 heterocycles. The van der Waals surface area contributed by atoms with Gasteiger partial charge in [0.1, 0.15) is 0 Å². The van der Waals surface area contributed by atoms with Gasteiger partial charge in [-0.15, -0.1) is 0 Å². The van der Waals surface area contributed by atoms with Gasteiger partial charge in [0, 0.05) is 24.6 Å². The average Bonchev–Trinajstić information content (AvgIpc) is 2.27. The van der Waals surface area contributed by atoms with Gasteiger partial charge < -0.3 is 9.84 Å². The number of halogens is 3. The lowest BCUT2D eigenvalue weighted by Gasteiger charge is -2.41. The Morgan fingerprint density at radius 2 is 2.06 bits per heavy atom. The summed E-state index contributed by atoms with van der Waals surface area (Å²) in [6.07, 6.45) is -2.71. The summed E-state index contributed by atoms with van der Waals surface area (Å²) in [5.74, 6) is 0. The van der Waals surface area contributed by atoms with Crippen molar-refractivity contribution in [3.05, 3.63) is 0 Å². The minimum absolute atomic E-state index is 0.131. The van der Waals surface area contributed by atoms with Crippen molar-refractivity contribution in [3.8, 4) is 0 Å². The number of rotatable bonds is 5. The third-order valence-electron chi connectivity index (χ3n) is 3.39. The molecule has 0 amide bonds. The Morgan fingerprint density at radius 3 is 2.44 bits per heavy atom. The van der Waals surface area contributed by atoms with E-state index in [9.17, 15) is 18.3 Å². The zero-order valence-corrected chi connectivity index (χ0v) is 11.0. The highest BCUT2D eigenvalue weighted by atomic mass is 19.4. The maximum absolute atomic E-state index is 12.5. The molecule has 1 atom stereocenters. The van der Waals surface area contributed by atoms with Crippen molar-refractivity contribution in [1.82, 2.24) is 4.90 Å². The first-order valence-corrected chi connectivity index (χ1v) is 6.27. The van der Waals surface area contributed by atoms with Crippen LogP contribution in [0.3, 0.4) is 0 Å². The molecule has 1 aliphatic rings. The van der Waals surface area contributed by atoms with Gasteiger partial charge in [0.05, 0.1) is 19.8 Å². The van der Waals surface area contributed by atoms with Crippen molar-refractivity contribution in [2.24, 2.45) is 5.41 Å². The predicted octanol–water partition coefficient (Wildman–Crippen LogP) is 2.05. The second-order valence-electron chi connectivity index (χ2n) is 5.43. The lowest BCUT2D eigenvalue weighted by atomic mass is 9.82. The number of aliphatic hydroxyl groups excluding tert-OH is 1. The topological polar surface area (TPSA) is 32.7 Å². The van der Waals surface area contributed by atoms with Gasteiger partial charge in [-0.1, -0.05) is 0 Å². The molecule has 1 N–H and O–H groups in total. The van der Waals surface area contributed by atoms with Crippen LogP contribution in [0, 0.1) is 5.41 Å². The highest BCUT2D eigenvalue weighted by Gasteiger charge is 2.39. The van der Waals surface area contributed by atoms with Gasteiger partial charge in [0.25, 0.3) is 0 Å². The van der Waals surface area contributed by atoms with Gasteiger partial charge in [0.2, 0.25) is 0 Å². The van der Waals surface area contributed by atoms with E-state index < -0.39 is 18.1 Å². The monoisotopic (exact) mass is 269 g/mol. The SMILES string of the molecule is CC(C)N(CC(F)(F)F)CC1(CO)CCCOC1. The highest BCUT2D eigenvalue weighted by molar-refractivity contribution is 4.86. The standard InChI is InChI=1S/C12H22F3NO2/c1-10(2)16(7-12(13,14)15)6-11(8-17)4-3-5-18-9-11/h10,17H,3-9H2,1-2H3. The van der Waals surface area contributed by atoms with Crippen LogP contribution in [-0.4, -0.2) is 55.1 Å². The van der Waals surface area contributed by atoms with Gasteiger partial charge in [-0.3, -0.25) is 4.90 Å². The van der Waals surface area contributed by atoms with Crippen LogP contribution in [-0.2, 0) is 4.74 Å². The molecule has 0 aromatic heterocycles. The minimum atomic E-state index is -4.21. The largest absolute Gasteiger partial charge is 0.401 e. The lowest BCUT2D eigenvalue weighted by molar-refractivity contribution is -0.159. The molecule has 0 aromatic rings. The summed E-state index contributed by atoms with van der Waals surface area (Å²) < 4.78 is 42.9. The van der Waals surface area contributed by atoms with Crippen LogP contribution in [0.2, 0.25) is 0 Å². The van der Waals surface area contributed by atoms with Crippen molar-refractivity contribution < 1.29 is 23.0 Å². The smallest absolute Gasteiger partial charge is 0.396 e. The van der Waals surface area contributed by atoms with E-state index in [1.807, 2.05) is 0 Å². The van der Waals surface area contributed by atoms with Crippen LogP contribution in [0.4, 0.5) is 13.2 Å². The zero-order valence-electron chi connectivity index (χ0n) is 11.0. The lowest BCUT2D eigenvalue weighted by Crippen LogP contribution is -2.50. The minimum Gasteiger partial charge on any atom is -0.396 e. The van der Waals surface area contributed by atoms with Gasteiger partial charge in [-0.25, -0.2) is 0 Å². The Bertz CT molecular complexity index is 250. The quantitative estimate of drug-likeness (QED) is 0.829. The van der Waals surface area contributed by atoms with Crippen LogP contribution in [0.5, 0.6) is 0 Å². The summed E-state index contributed by atoms with van der Waals surface area (Å²) >= 11 is 0. The molecule has 1 saturated heterocycles. The highest BCUT2D eigenvalue weighted by Crippen LogP contribution is 2.31. The first-order valence-electron chi connectivity index (χ1n) is 6.27.